The molecular weight excluding hydrogens is 408 g/mol. The zero-order chi connectivity index (χ0) is 21.8. The number of nitrogens with one attached hydrogen (secondary N) is 1. The number of thioether (sulfide) groups is 1. The number of carbonyl (C=O) groups excluding carboxylic acids is 1. The quantitative estimate of drug-likeness (QED) is 0.260. The molecule has 31 heavy (non-hydrogen) atoms. The Morgan fingerprint density at radius 2 is 1.87 bits per heavy atom. The fourth-order valence-electron chi connectivity index (χ4n) is 3.09. The van der Waals surface area contributed by atoms with Crippen molar-refractivity contribution in [2.45, 2.75) is 4.90 Å². The van der Waals surface area contributed by atoms with E-state index in [4.69, 9.17) is 5.26 Å². The summed E-state index contributed by atoms with van der Waals surface area (Å²) in [5.74, 6) is 0.122. The van der Waals surface area contributed by atoms with Crippen LogP contribution in [0.1, 0.15) is 11.1 Å². The van der Waals surface area contributed by atoms with E-state index in [2.05, 4.69) is 10.3 Å². The summed E-state index contributed by atoms with van der Waals surface area (Å²) < 4.78 is 0.967. The van der Waals surface area contributed by atoms with E-state index in [1.165, 1.54) is 11.0 Å². The maximum Gasteiger partial charge on any atom is 0.248 e. The molecule has 0 aliphatic heterocycles. The van der Waals surface area contributed by atoms with Crippen LogP contribution in [0.3, 0.4) is 0 Å². The highest BCUT2D eigenvalue weighted by atomic mass is 32.2. The van der Waals surface area contributed by atoms with E-state index < -0.39 is 0 Å². The van der Waals surface area contributed by atoms with Crippen molar-refractivity contribution in [1.29, 1.82) is 5.26 Å². The van der Waals surface area contributed by atoms with E-state index in [-0.39, 0.29) is 5.91 Å². The van der Waals surface area contributed by atoms with Gasteiger partial charge in [-0.15, -0.1) is 11.8 Å². The normalized spacial score (nSPS) is 11.0. The number of aromatic nitrogens is 2. The first-order chi connectivity index (χ1) is 15.1. The van der Waals surface area contributed by atoms with Crippen molar-refractivity contribution in [3.63, 3.8) is 0 Å². The summed E-state index contributed by atoms with van der Waals surface area (Å²) in [5.41, 5.74) is 3.75. The largest absolute Gasteiger partial charge is 0.426 e. The van der Waals surface area contributed by atoms with Crippen LogP contribution < -0.4 is 5.32 Å². The summed E-state index contributed by atoms with van der Waals surface area (Å²) in [7, 11) is 0. The maximum atomic E-state index is 12.2. The second-order valence-corrected chi connectivity index (χ2v) is 7.62. The third kappa shape index (κ3) is 4.44. The lowest BCUT2D eigenvalue weighted by molar-refractivity contribution is -0.111. The van der Waals surface area contributed by atoms with Gasteiger partial charge in [0.15, 0.2) is 5.82 Å². The van der Waals surface area contributed by atoms with Gasteiger partial charge in [-0.3, -0.25) is 4.79 Å². The van der Waals surface area contributed by atoms with Crippen LogP contribution >= 0.6 is 11.8 Å². The SMILES string of the molecule is CSc1ccc(C=CC(=O)Nc2ccc(-c3nc4ccc(C#N)cc4n3O)cc2)cc1. The first-order valence-corrected chi connectivity index (χ1v) is 10.7. The first-order valence-electron chi connectivity index (χ1n) is 9.43. The Hall–Kier alpha value is -4.02. The Morgan fingerprint density at radius 3 is 2.55 bits per heavy atom. The molecule has 0 fully saturated rings. The fourth-order valence-corrected chi connectivity index (χ4v) is 3.50. The van der Waals surface area contributed by atoms with E-state index >= 15 is 0 Å². The van der Waals surface area contributed by atoms with Gasteiger partial charge in [-0.25, -0.2) is 4.98 Å². The number of fused-ring (bicyclic) bond motifs is 1. The minimum Gasteiger partial charge on any atom is -0.426 e. The van der Waals surface area contributed by atoms with Crippen molar-refractivity contribution < 1.29 is 10.0 Å². The molecule has 6 nitrogen and oxygen atoms in total. The van der Waals surface area contributed by atoms with Crippen molar-refractivity contribution in [2.75, 3.05) is 11.6 Å². The van der Waals surface area contributed by atoms with Crippen LogP contribution in [-0.2, 0) is 4.79 Å². The van der Waals surface area contributed by atoms with Gasteiger partial charge in [0.1, 0.15) is 5.52 Å². The molecule has 0 saturated carbocycles. The average molecular weight is 427 g/mol. The molecule has 1 heterocycles. The van der Waals surface area contributed by atoms with Crippen LogP contribution in [0.25, 0.3) is 28.5 Å². The number of anilines is 1. The molecule has 2 N–H and O–H groups in total. The predicted octanol–water partition coefficient (Wildman–Crippen LogP) is 5.19. The Morgan fingerprint density at radius 1 is 1.13 bits per heavy atom. The monoisotopic (exact) mass is 426 g/mol. The summed E-state index contributed by atoms with van der Waals surface area (Å²) in [5, 5.41) is 22.3. The summed E-state index contributed by atoms with van der Waals surface area (Å²) in [6.45, 7) is 0. The smallest absolute Gasteiger partial charge is 0.248 e. The molecule has 0 saturated heterocycles. The number of rotatable bonds is 5. The van der Waals surface area contributed by atoms with Crippen LogP contribution in [0, 0.1) is 11.3 Å². The van der Waals surface area contributed by atoms with Crippen molar-refractivity contribution >= 4 is 40.5 Å². The van der Waals surface area contributed by atoms with Gasteiger partial charge in [0.2, 0.25) is 5.91 Å². The van der Waals surface area contributed by atoms with E-state index in [0.717, 1.165) is 10.3 Å². The molecule has 0 spiro atoms. The Labute approximate surface area is 183 Å². The number of amides is 1. The lowest BCUT2D eigenvalue weighted by Gasteiger charge is -2.05. The van der Waals surface area contributed by atoms with E-state index in [9.17, 15) is 10.0 Å². The van der Waals surface area contributed by atoms with E-state index in [1.807, 2.05) is 36.6 Å². The van der Waals surface area contributed by atoms with Crippen LogP contribution in [0.4, 0.5) is 5.69 Å². The van der Waals surface area contributed by atoms with Gasteiger partial charge in [-0.1, -0.05) is 12.1 Å². The van der Waals surface area contributed by atoms with E-state index in [1.54, 1.807) is 60.3 Å². The summed E-state index contributed by atoms with van der Waals surface area (Å²) in [4.78, 5) is 17.8. The second-order valence-electron chi connectivity index (χ2n) is 6.74. The Kier molecular flexibility index (Phi) is 5.74. The van der Waals surface area contributed by atoms with Crippen LogP contribution in [0.2, 0.25) is 0 Å². The fraction of sp³-hybridized carbons (Fsp3) is 0.0417. The van der Waals surface area contributed by atoms with Gasteiger partial charge in [0, 0.05) is 22.2 Å². The molecule has 0 aliphatic rings. The van der Waals surface area contributed by atoms with Gasteiger partial charge < -0.3 is 10.5 Å². The zero-order valence-electron chi connectivity index (χ0n) is 16.6. The molecule has 7 heteroatoms. The van der Waals surface area contributed by atoms with Gasteiger partial charge in [0.25, 0.3) is 0 Å². The number of hydrogen-bond donors (Lipinski definition) is 2. The van der Waals surface area contributed by atoms with Crippen LogP contribution in [-0.4, -0.2) is 27.1 Å². The zero-order valence-corrected chi connectivity index (χ0v) is 17.4. The third-order valence-corrected chi connectivity index (χ3v) is 5.46. The lowest BCUT2D eigenvalue weighted by atomic mass is 10.2. The summed E-state index contributed by atoms with van der Waals surface area (Å²) in [6, 6.07) is 21.9. The average Bonchev–Trinajstić information content (AvgIpc) is 3.14. The molecule has 1 aromatic heterocycles. The number of imidazole rings is 1. The highest BCUT2D eigenvalue weighted by molar-refractivity contribution is 7.98. The molecule has 4 aromatic rings. The number of benzene rings is 3. The van der Waals surface area contributed by atoms with Gasteiger partial charge in [-0.2, -0.15) is 9.99 Å². The summed E-state index contributed by atoms with van der Waals surface area (Å²) >= 11 is 1.67. The van der Waals surface area contributed by atoms with Crippen LogP contribution in [0.5, 0.6) is 0 Å². The van der Waals surface area contributed by atoms with Gasteiger partial charge in [0.05, 0.1) is 17.1 Å². The highest BCUT2D eigenvalue weighted by Gasteiger charge is 2.12. The Bertz CT molecular complexity index is 1320. The molecule has 1 amide bonds. The minimum atomic E-state index is -0.236. The van der Waals surface area contributed by atoms with E-state index in [0.29, 0.717) is 33.7 Å². The molecule has 4 rings (SSSR count). The summed E-state index contributed by atoms with van der Waals surface area (Å²) in [6.07, 6.45) is 5.27. The minimum absolute atomic E-state index is 0.236. The van der Waals surface area contributed by atoms with Crippen LogP contribution in [0.15, 0.2) is 77.7 Å². The third-order valence-electron chi connectivity index (χ3n) is 4.71. The molecular formula is C24H18N4O2S. The number of hydrogen-bond acceptors (Lipinski definition) is 5. The van der Waals surface area contributed by atoms with Crippen molar-refractivity contribution in [1.82, 2.24) is 9.71 Å². The topological polar surface area (TPSA) is 90.9 Å². The molecule has 0 bridgehead atoms. The van der Waals surface area contributed by atoms with Gasteiger partial charge >= 0.3 is 0 Å². The first kappa shape index (κ1) is 20.3. The molecule has 0 radical (unpaired) electrons. The van der Waals surface area contributed by atoms with Gasteiger partial charge in [-0.05, 0) is 72.5 Å². The van der Waals surface area contributed by atoms with Crippen molar-refractivity contribution in [3.05, 3.63) is 83.9 Å². The predicted molar refractivity (Wildman–Crippen MR) is 123 cm³/mol. The lowest BCUT2D eigenvalue weighted by Crippen LogP contribution is -2.07. The highest BCUT2D eigenvalue weighted by Crippen LogP contribution is 2.25. The standard InChI is InChI=1S/C24H18N4O2S/c1-31-20-10-2-16(3-11-20)5-13-23(29)26-19-8-6-18(7-9-19)24-27-21-12-4-17(15-25)14-22(21)28(24)30/h2-14,30H,1H3,(H,26,29). The second kappa shape index (κ2) is 8.78. The molecule has 0 atom stereocenters. The maximum absolute atomic E-state index is 12.2. The van der Waals surface area contributed by atoms with Crippen molar-refractivity contribution in [2.24, 2.45) is 0 Å². The number of nitriles is 1. The molecule has 0 aliphatic carbocycles. The molecule has 3 aromatic carbocycles. The Balaban J connectivity index is 1.47. The molecule has 152 valence electrons. The van der Waals surface area contributed by atoms with Crippen molar-refractivity contribution in [3.8, 4) is 17.5 Å². The number of carbonyl (C=O) groups is 1. The molecule has 0 unspecified atom stereocenters. The number of nitrogens with zero attached hydrogens (tertiary/aromatic N) is 3.